The van der Waals surface area contributed by atoms with Gasteiger partial charge in [-0.05, 0) is 25.8 Å². The first-order valence-electron chi connectivity index (χ1n) is 11.0. The van der Waals surface area contributed by atoms with Crippen molar-refractivity contribution in [2.75, 3.05) is 29.9 Å². The molecule has 37 heavy (non-hydrogen) atoms. The number of halogens is 6. The van der Waals surface area contributed by atoms with E-state index in [0.717, 1.165) is 18.6 Å². The maximum atomic E-state index is 13.1. The number of anilines is 2. The number of alkyl halides is 6. The number of amides is 1. The lowest BCUT2D eigenvalue weighted by Crippen LogP contribution is -2.45. The highest BCUT2D eigenvalue weighted by Gasteiger charge is 2.37. The molecule has 0 spiro atoms. The number of rotatable bonds is 7. The molecule has 3 rings (SSSR count). The van der Waals surface area contributed by atoms with Crippen LogP contribution < -0.4 is 21.1 Å². The fourth-order valence-electron chi connectivity index (χ4n) is 3.53. The first kappa shape index (κ1) is 27.7. The number of nitrogens with one attached hydrogen (secondary N) is 3. The predicted octanol–water partition coefficient (Wildman–Crippen LogP) is 3.35. The molecule has 16 heteroatoms. The molecule has 0 aliphatic carbocycles. The Morgan fingerprint density at radius 1 is 1.16 bits per heavy atom. The van der Waals surface area contributed by atoms with Crippen molar-refractivity contribution in [3.8, 4) is 0 Å². The zero-order valence-electron chi connectivity index (χ0n) is 19.4. The smallest absolute Gasteiger partial charge is 0.423 e. The van der Waals surface area contributed by atoms with Crippen molar-refractivity contribution >= 4 is 17.7 Å². The number of piperidine rings is 1. The van der Waals surface area contributed by atoms with E-state index in [0.29, 0.717) is 25.9 Å². The number of nitrogens with zero attached hydrogens (tertiary/aromatic N) is 4. The third kappa shape index (κ3) is 7.82. The van der Waals surface area contributed by atoms with Crippen LogP contribution in [0.5, 0.6) is 0 Å². The van der Waals surface area contributed by atoms with E-state index in [-0.39, 0.29) is 18.6 Å². The van der Waals surface area contributed by atoms with E-state index in [1.807, 2.05) is 0 Å². The van der Waals surface area contributed by atoms with Gasteiger partial charge in [-0.3, -0.25) is 4.79 Å². The molecule has 1 fully saturated rings. The van der Waals surface area contributed by atoms with Gasteiger partial charge in [0, 0.05) is 37.6 Å². The van der Waals surface area contributed by atoms with Gasteiger partial charge in [0.25, 0.3) is 5.56 Å². The highest BCUT2D eigenvalue weighted by atomic mass is 19.4. The molecule has 1 saturated heterocycles. The van der Waals surface area contributed by atoms with Gasteiger partial charge < -0.3 is 20.3 Å². The first-order valence-corrected chi connectivity index (χ1v) is 11.0. The summed E-state index contributed by atoms with van der Waals surface area (Å²) in [5.74, 6) is 0.167. The summed E-state index contributed by atoms with van der Waals surface area (Å²) in [6, 6.07) is -0.875. The van der Waals surface area contributed by atoms with E-state index in [1.54, 1.807) is 10.00 Å². The van der Waals surface area contributed by atoms with Crippen molar-refractivity contribution in [3.63, 3.8) is 0 Å². The first-order chi connectivity index (χ1) is 17.3. The standard InChI is InChI=1S/C21H23F6N7O3/c1-12(31-15-11-30-33-17(35)16(15)21(25,26)27)3-2-8-37-19(36)32-14-4-6-34(7-5-14)18-28-9-13(10-29-18)20(22,23)24/h2-3,9-12,14H,4-8H2,1H3,(H,32,36)(H2,31,33,35)/b3-2+. The van der Waals surface area contributed by atoms with Crippen molar-refractivity contribution < 1.29 is 35.9 Å². The molecule has 1 aliphatic heterocycles. The van der Waals surface area contributed by atoms with Crippen molar-refractivity contribution in [1.82, 2.24) is 25.5 Å². The number of aromatic nitrogens is 4. The zero-order valence-corrected chi connectivity index (χ0v) is 19.4. The average Bonchev–Trinajstić information content (AvgIpc) is 2.81. The molecule has 0 radical (unpaired) electrons. The van der Waals surface area contributed by atoms with E-state index in [2.05, 4.69) is 25.7 Å². The highest BCUT2D eigenvalue weighted by molar-refractivity contribution is 5.67. The average molecular weight is 535 g/mol. The Balaban J connectivity index is 1.40. The van der Waals surface area contributed by atoms with E-state index < -0.39 is 46.9 Å². The maximum absolute atomic E-state index is 13.1. The third-order valence-electron chi connectivity index (χ3n) is 5.32. The quantitative estimate of drug-likeness (QED) is 0.364. The van der Waals surface area contributed by atoms with Crippen molar-refractivity contribution in [3.05, 3.63) is 52.2 Å². The van der Waals surface area contributed by atoms with Gasteiger partial charge in [0.05, 0.1) is 17.4 Å². The number of carbonyl (C=O) groups excluding carboxylic acids is 1. The number of ether oxygens (including phenoxy) is 1. The highest BCUT2D eigenvalue weighted by Crippen LogP contribution is 2.31. The number of H-pyrrole nitrogens is 1. The fourth-order valence-corrected chi connectivity index (χ4v) is 3.53. The van der Waals surface area contributed by atoms with Crippen molar-refractivity contribution in [2.24, 2.45) is 0 Å². The van der Waals surface area contributed by atoms with Crippen LogP contribution in [0.3, 0.4) is 0 Å². The van der Waals surface area contributed by atoms with Gasteiger partial charge in [-0.2, -0.15) is 31.4 Å². The zero-order chi connectivity index (χ0) is 27.2. The summed E-state index contributed by atoms with van der Waals surface area (Å²) in [5, 5.41) is 10.3. The number of aromatic amines is 1. The van der Waals surface area contributed by atoms with Gasteiger partial charge in [0.15, 0.2) is 0 Å². The summed E-state index contributed by atoms with van der Waals surface area (Å²) in [4.78, 5) is 32.7. The molecule has 3 N–H and O–H groups in total. The molecule has 1 unspecified atom stereocenters. The SMILES string of the molecule is CC(/C=C/COC(=O)NC1CCN(c2ncc(C(F)(F)F)cn2)CC1)Nc1cn[nH]c(=O)c1C(F)(F)F. The summed E-state index contributed by atoms with van der Waals surface area (Å²) in [6.07, 6.45) is -3.93. The van der Waals surface area contributed by atoms with Crippen molar-refractivity contribution in [1.29, 1.82) is 0 Å². The second-order valence-electron chi connectivity index (χ2n) is 8.12. The summed E-state index contributed by atoms with van der Waals surface area (Å²) in [7, 11) is 0. The number of carbonyl (C=O) groups is 1. The number of hydrogen-bond donors (Lipinski definition) is 3. The van der Waals surface area contributed by atoms with Crippen LogP contribution in [0, 0.1) is 0 Å². The summed E-state index contributed by atoms with van der Waals surface area (Å²) < 4.78 is 82.2. The van der Waals surface area contributed by atoms with Crippen LogP contribution in [-0.2, 0) is 17.1 Å². The molecular formula is C21H23F6N7O3. The minimum Gasteiger partial charge on any atom is -0.445 e. The molecular weight excluding hydrogens is 512 g/mol. The van der Waals surface area contributed by atoms with Crippen LogP contribution in [0.15, 0.2) is 35.5 Å². The Morgan fingerprint density at radius 2 is 1.81 bits per heavy atom. The predicted molar refractivity (Wildman–Crippen MR) is 119 cm³/mol. The van der Waals surface area contributed by atoms with Gasteiger partial charge in [-0.1, -0.05) is 6.08 Å². The summed E-state index contributed by atoms with van der Waals surface area (Å²) in [5.41, 5.74) is -4.19. The number of alkyl carbamates (subject to hydrolysis) is 1. The van der Waals surface area contributed by atoms with E-state index >= 15 is 0 Å². The second-order valence-corrected chi connectivity index (χ2v) is 8.12. The summed E-state index contributed by atoms with van der Waals surface area (Å²) in [6.45, 7) is 2.20. The molecule has 10 nitrogen and oxygen atoms in total. The van der Waals surface area contributed by atoms with Crippen LogP contribution >= 0.6 is 0 Å². The van der Waals surface area contributed by atoms with Gasteiger partial charge >= 0.3 is 18.4 Å². The normalized spacial score (nSPS) is 16.0. The lowest BCUT2D eigenvalue weighted by Gasteiger charge is -2.32. The molecule has 1 amide bonds. The van der Waals surface area contributed by atoms with Gasteiger partial charge in [-0.25, -0.2) is 19.9 Å². The number of hydrogen-bond acceptors (Lipinski definition) is 8. The van der Waals surface area contributed by atoms with Gasteiger partial charge in [-0.15, -0.1) is 0 Å². The molecule has 2 aromatic rings. The molecule has 1 atom stereocenters. The van der Waals surface area contributed by atoms with Crippen LogP contribution in [0.2, 0.25) is 0 Å². The van der Waals surface area contributed by atoms with Crippen LogP contribution in [0.4, 0.5) is 42.8 Å². The monoisotopic (exact) mass is 535 g/mol. The lowest BCUT2D eigenvalue weighted by atomic mass is 10.1. The van der Waals surface area contributed by atoms with Gasteiger partial charge in [0.1, 0.15) is 12.2 Å². The molecule has 2 aromatic heterocycles. The fraction of sp³-hybridized carbons (Fsp3) is 0.476. The van der Waals surface area contributed by atoms with Crippen LogP contribution in [-0.4, -0.2) is 58.0 Å². The second kappa shape index (κ2) is 11.5. The van der Waals surface area contributed by atoms with E-state index in [9.17, 15) is 35.9 Å². The Hall–Kier alpha value is -3.85. The largest absolute Gasteiger partial charge is 0.445 e. The van der Waals surface area contributed by atoms with Crippen LogP contribution in [0.25, 0.3) is 0 Å². The minimum atomic E-state index is -4.87. The Bertz CT molecular complexity index is 1140. The summed E-state index contributed by atoms with van der Waals surface area (Å²) >= 11 is 0. The van der Waals surface area contributed by atoms with Crippen molar-refractivity contribution in [2.45, 2.75) is 44.2 Å². The van der Waals surface area contributed by atoms with E-state index in [4.69, 9.17) is 4.74 Å². The molecule has 3 heterocycles. The lowest BCUT2D eigenvalue weighted by molar-refractivity contribution is -0.139. The molecule has 1 aliphatic rings. The molecule has 0 saturated carbocycles. The Morgan fingerprint density at radius 3 is 2.41 bits per heavy atom. The third-order valence-corrected chi connectivity index (χ3v) is 5.32. The molecule has 0 bridgehead atoms. The minimum absolute atomic E-state index is 0.157. The maximum Gasteiger partial charge on any atom is 0.423 e. The Labute approximate surface area is 206 Å². The molecule has 202 valence electrons. The topological polar surface area (TPSA) is 125 Å². The van der Waals surface area contributed by atoms with Gasteiger partial charge in [0.2, 0.25) is 5.95 Å². The van der Waals surface area contributed by atoms with Crippen LogP contribution in [0.1, 0.15) is 30.9 Å². The van der Waals surface area contributed by atoms with E-state index in [1.165, 1.54) is 19.1 Å². The Kier molecular flexibility index (Phi) is 8.60. The molecule has 0 aromatic carbocycles.